The number of hydrogen-bond acceptors (Lipinski definition) is 4. The molecule has 3 aromatic rings. The summed E-state index contributed by atoms with van der Waals surface area (Å²) in [6.07, 6.45) is 5.18. The molecule has 30 heavy (non-hydrogen) atoms. The van der Waals surface area contributed by atoms with Gasteiger partial charge in [0.05, 0.1) is 0 Å². The predicted octanol–water partition coefficient (Wildman–Crippen LogP) is 2.75. The summed E-state index contributed by atoms with van der Waals surface area (Å²) >= 11 is 0. The van der Waals surface area contributed by atoms with Gasteiger partial charge in [0.2, 0.25) is 0 Å². The second kappa shape index (κ2) is 9.69. The van der Waals surface area contributed by atoms with Crippen molar-refractivity contribution in [3.05, 3.63) is 77.7 Å². The van der Waals surface area contributed by atoms with Gasteiger partial charge >= 0.3 is 6.03 Å². The van der Waals surface area contributed by atoms with E-state index in [4.69, 9.17) is 0 Å². The number of hydrogen-bond donors (Lipinski definition) is 2. The third-order valence-corrected chi connectivity index (χ3v) is 4.75. The summed E-state index contributed by atoms with van der Waals surface area (Å²) in [6.45, 7) is 4.69. The van der Waals surface area contributed by atoms with Gasteiger partial charge in [0, 0.05) is 50.3 Å². The average Bonchev–Trinajstić information content (AvgIpc) is 3.31. The van der Waals surface area contributed by atoms with Crippen molar-refractivity contribution in [2.24, 2.45) is 0 Å². The highest BCUT2D eigenvalue weighted by molar-refractivity contribution is 5.94. The van der Waals surface area contributed by atoms with E-state index in [0.717, 1.165) is 11.1 Å². The number of urea groups is 1. The number of amides is 3. The van der Waals surface area contributed by atoms with Gasteiger partial charge in [-0.05, 0) is 55.3 Å². The summed E-state index contributed by atoms with van der Waals surface area (Å²) in [6, 6.07) is 12.7. The van der Waals surface area contributed by atoms with Crippen molar-refractivity contribution in [1.82, 2.24) is 30.3 Å². The normalized spacial score (nSPS) is 10.7. The number of carbonyl (C=O) groups excluding carboxylic acids is 2. The van der Waals surface area contributed by atoms with Crippen LogP contribution < -0.4 is 10.6 Å². The molecule has 0 bridgehead atoms. The van der Waals surface area contributed by atoms with Crippen LogP contribution in [0.1, 0.15) is 35.3 Å². The maximum atomic E-state index is 12.3. The number of pyridine rings is 1. The molecular weight excluding hydrogens is 380 g/mol. The molecular formula is C22H26N6O2. The highest BCUT2D eigenvalue weighted by Crippen LogP contribution is 2.09. The molecule has 8 nitrogen and oxygen atoms in total. The van der Waals surface area contributed by atoms with E-state index in [2.05, 4.69) is 20.7 Å². The van der Waals surface area contributed by atoms with Crippen LogP contribution in [0.25, 0.3) is 5.82 Å². The van der Waals surface area contributed by atoms with Gasteiger partial charge in [-0.1, -0.05) is 12.1 Å². The molecule has 0 aliphatic heterocycles. The highest BCUT2D eigenvalue weighted by Gasteiger charge is 2.14. The zero-order chi connectivity index (χ0) is 21.5. The van der Waals surface area contributed by atoms with Crippen LogP contribution in [0.5, 0.6) is 0 Å². The Bertz CT molecular complexity index is 983. The van der Waals surface area contributed by atoms with Crippen molar-refractivity contribution in [3.8, 4) is 5.82 Å². The molecule has 8 heteroatoms. The molecule has 2 N–H and O–H groups in total. The minimum Gasteiger partial charge on any atom is -0.339 e. The Morgan fingerprint density at radius 1 is 1.03 bits per heavy atom. The van der Waals surface area contributed by atoms with Gasteiger partial charge in [0.1, 0.15) is 0 Å². The minimum atomic E-state index is -0.271. The second-order valence-corrected chi connectivity index (χ2v) is 7.22. The molecule has 0 saturated carbocycles. The maximum Gasteiger partial charge on any atom is 0.315 e. The Morgan fingerprint density at radius 3 is 2.37 bits per heavy atom. The molecule has 1 aromatic carbocycles. The van der Waals surface area contributed by atoms with E-state index in [0.29, 0.717) is 24.5 Å². The standard InChI is InChI=1S/C22H26N6O2/c1-16(2)27(3)21(29)19-7-5-17(6-8-19)14-24-22(30)25-15-18-9-11-23-20(13-18)28-12-4-10-26-28/h4-13,16H,14-15H2,1-3H3,(H2,24,25,30). The van der Waals surface area contributed by atoms with Crippen LogP contribution >= 0.6 is 0 Å². The lowest BCUT2D eigenvalue weighted by Crippen LogP contribution is -2.34. The number of nitrogens with one attached hydrogen (secondary N) is 2. The first kappa shape index (κ1) is 21.0. The average molecular weight is 406 g/mol. The number of aromatic nitrogens is 3. The SMILES string of the molecule is CC(C)N(C)C(=O)c1ccc(CNC(=O)NCc2ccnc(-n3cccn3)c2)cc1. The molecule has 2 heterocycles. The van der Waals surface area contributed by atoms with E-state index in [1.54, 1.807) is 41.2 Å². The summed E-state index contributed by atoms with van der Waals surface area (Å²) in [5, 5.41) is 9.80. The van der Waals surface area contributed by atoms with Crippen LogP contribution in [-0.4, -0.2) is 44.7 Å². The van der Waals surface area contributed by atoms with Crippen LogP contribution in [0.2, 0.25) is 0 Å². The van der Waals surface area contributed by atoms with Crippen LogP contribution in [0.4, 0.5) is 4.79 Å². The van der Waals surface area contributed by atoms with Gasteiger partial charge in [-0.25, -0.2) is 14.5 Å². The molecule has 0 spiro atoms. The largest absolute Gasteiger partial charge is 0.339 e. The fraction of sp³-hybridized carbons (Fsp3) is 0.273. The summed E-state index contributed by atoms with van der Waals surface area (Å²) < 4.78 is 1.66. The molecule has 2 aromatic heterocycles. The fourth-order valence-corrected chi connectivity index (χ4v) is 2.73. The Balaban J connectivity index is 1.48. The molecule has 0 unspecified atom stereocenters. The predicted molar refractivity (Wildman–Crippen MR) is 114 cm³/mol. The molecule has 156 valence electrons. The van der Waals surface area contributed by atoms with Gasteiger partial charge in [0.15, 0.2) is 5.82 Å². The Labute approximate surface area is 175 Å². The van der Waals surface area contributed by atoms with E-state index in [1.807, 2.05) is 50.4 Å². The topological polar surface area (TPSA) is 92.2 Å². The molecule has 0 radical (unpaired) electrons. The summed E-state index contributed by atoms with van der Waals surface area (Å²) in [7, 11) is 1.79. The lowest BCUT2D eigenvalue weighted by Gasteiger charge is -2.21. The smallest absolute Gasteiger partial charge is 0.315 e. The third-order valence-electron chi connectivity index (χ3n) is 4.75. The quantitative estimate of drug-likeness (QED) is 0.631. The molecule has 0 atom stereocenters. The summed E-state index contributed by atoms with van der Waals surface area (Å²) in [4.78, 5) is 30.4. The van der Waals surface area contributed by atoms with Crippen LogP contribution in [0.15, 0.2) is 61.1 Å². The molecule has 0 fully saturated rings. The van der Waals surface area contributed by atoms with Gasteiger partial charge in [-0.2, -0.15) is 5.10 Å². The lowest BCUT2D eigenvalue weighted by molar-refractivity contribution is 0.0755. The molecule has 0 aliphatic rings. The second-order valence-electron chi connectivity index (χ2n) is 7.22. The number of carbonyl (C=O) groups is 2. The molecule has 3 amide bonds. The first-order chi connectivity index (χ1) is 14.4. The number of benzene rings is 1. The van der Waals surface area contributed by atoms with E-state index >= 15 is 0 Å². The zero-order valence-corrected chi connectivity index (χ0v) is 17.4. The van der Waals surface area contributed by atoms with Gasteiger partial charge in [0.25, 0.3) is 5.91 Å². The molecule has 0 aliphatic carbocycles. The van der Waals surface area contributed by atoms with E-state index in [-0.39, 0.29) is 18.0 Å². The Hall–Kier alpha value is -3.68. The zero-order valence-electron chi connectivity index (χ0n) is 17.4. The maximum absolute atomic E-state index is 12.3. The van der Waals surface area contributed by atoms with E-state index in [9.17, 15) is 9.59 Å². The van der Waals surface area contributed by atoms with Crippen LogP contribution in [-0.2, 0) is 13.1 Å². The van der Waals surface area contributed by atoms with E-state index in [1.165, 1.54) is 0 Å². The van der Waals surface area contributed by atoms with Crippen molar-refractivity contribution < 1.29 is 9.59 Å². The van der Waals surface area contributed by atoms with Crippen molar-refractivity contribution in [3.63, 3.8) is 0 Å². The summed E-state index contributed by atoms with van der Waals surface area (Å²) in [5.41, 5.74) is 2.46. The number of nitrogens with zero attached hydrogens (tertiary/aromatic N) is 4. The van der Waals surface area contributed by atoms with Gasteiger partial charge in [-0.3, -0.25) is 4.79 Å². The first-order valence-electron chi connectivity index (χ1n) is 9.77. The minimum absolute atomic E-state index is 0.0194. The van der Waals surface area contributed by atoms with Crippen molar-refractivity contribution in [2.45, 2.75) is 33.0 Å². The third kappa shape index (κ3) is 5.44. The monoisotopic (exact) mass is 406 g/mol. The van der Waals surface area contributed by atoms with E-state index < -0.39 is 0 Å². The van der Waals surface area contributed by atoms with Gasteiger partial charge in [-0.15, -0.1) is 0 Å². The van der Waals surface area contributed by atoms with Crippen molar-refractivity contribution in [2.75, 3.05) is 7.05 Å². The van der Waals surface area contributed by atoms with Crippen LogP contribution in [0, 0.1) is 0 Å². The highest BCUT2D eigenvalue weighted by atomic mass is 16.2. The van der Waals surface area contributed by atoms with Gasteiger partial charge < -0.3 is 15.5 Å². The Morgan fingerprint density at radius 2 is 1.73 bits per heavy atom. The van der Waals surface area contributed by atoms with Crippen LogP contribution in [0.3, 0.4) is 0 Å². The fourth-order valence-electron chi connectivity index (χ4n) is 2.73. The molecule has 0 saturated heterocycles. The Kier molecular flexibility index (Phi) is 6.79. The summed E-state index contributed by atoms with van der Waals surface area (Å²) in [5.74, 6) is 0.673. The van der Waals surface area contributed by atoms with Crippen molar-refractivity contribution in [1.29, 1.82) is 0 Å². The first-order valence-corrected chi connectivity index (χ1v) is 9.77. The van der Waals surface area contributed by atoms with Crippen molar-refractivity contribution >= 4 is 11.9 Å². The number of rotatable bonds is 7. The lowest BCUT2D eigenvalue weighted by atomic mass is 10.1. The molecule has 3 rings (SSSR count).